The number of halogens is 1. The fraction of sp³-hybridized carbons (Fsp3) is 0.0714. The van der Waals surface area contributed by atoms with Crippen LogP contribution in [0.3, 0.4) is 0 Å². The van der Waals surface area contributed by atoms with Crippen LogP contribution in [0.15, 0.2) is 40.8 Å². The van der Waals surface area contributed by atoms with E-state index in [1.54, 1.807) is 31.3 Å². The van der Waals surface area contributed by atoms with Crippen molar-refractivity contribution in [1.82, 2.24) is 4.98 Å². The van der Waals surface area contributed by atoms with E-state index in [0.717, 1.165) is 5.39 Å². The van der Waals surface area contributed by atoms with Gasteiger partial charge in [-0.05, 0) is 36.4 Å². The molecule has 3 rings (SSSR count). The third-order valence-electron chi connectivity index (χ3n) is 2.86. The summed E-state index contributed by atoms with van der Waals surface area (Å²) in [5.74, 6) is 0.0302. The van der Waals surface area contributed by atoms with Gasteiger partial charge in [0.25, 0.3) is 0 Å². The highest BCUT2D eigenvalue weighted by atomic mass is 19.1. The summed E-state index contributed by atoms with van der Waals surface area (Å²) in [5.41, 5.74) is 1.68. The summed E-state index contributed by atoms with van der Waals surface area (Å²) >= 11 is 0. The van der Waals surface area contributed by atoms with Gasteiger partial charge in [-0.15, -0.1) is 0 Å². The standard InChI is InChI=1S/C14H11FN2O2/c1-16-10-3-5-13(15)17-14(10)12-7-8-6-9(18)2-4-11(8)19-12/h2-7,16,18H,1H3. The maximum atomic E-state index is 13.3. The van der Waals surface area contributed by atoms with E-state index in [0.29, 0.717) is 22.7 Å². The zero-order valence-electron chi connectivity index (χ0n) is 10.1. The monoisotopic (exact) mass is 258 g/mol. The van der Waals surface area contributed by atoms with Gasteiger partial charge < -0.3 is 14.8 Å². The van der Waals surface area contributed by atoms with E-state index >= 15 is 0 Å². The molecule has 0 aliphatic carbocycles. The van der Waals surface area contributed by atoms with E-state index in [4.69, 9.17) is 4.42 Å². The van der Waals surface area contributed by atoms with Crippen molar-refractivity contribution in [2.75, 3.05) is 12.4 Å². The van der Waals surface area contributed by atoms with E-state index in [2.05, 4.69) is 10.3 Å². The van der Waals surface area contributed by atoms with Gasteiger partial charge in [0, 0.05) is 12.4 Å². The lowest BCUT2D eigenvalue weighted by molar-refractivity contribution is 0.476. The number of furan rings is 1. The molecule has 96 valence electrons. The van der Waals surface area contributed by atoms with Crippen molar-refractivity contribution in [3.63, 3.8) is 0 Å². The van der Waals surface area contributed by atoms with Crippen LogP contribution in [0.1, 0.15) is 0 Å². The number of hydrogen-bond acceptors (Lipinski definition) is 4. The molecule has 19 heavy (non-hydrogen) atoms. The Morgan fingerprint density at radius 2 is 2.05 bits per heavy atom. The Kier molecular flexibility index (Phi) is 2.59. The molecule has 2 aromatic heterocycles. The largest absolute Gasteiger partial charge is 0.508 e. The molecule has 0 unspecified atom stereocenters. The Morgan fingerprint density at radius 1 is 1.21 bits per heavy atom. The molecular formula is C14H11FN2O2. The SMILES string of the molecule is CNc1ccc(F)nc1-c1cc2cc(O)ccc2o1. The van der Waals surface area contributed by atoms with Gasteiger partial charge in [-0.3, -0.25) is 0 Å². The number of nitrogens with zero attached hydrogens (tertiary/aromatic N) is 1. The van der Waals surface area contributed by atoms with E-state index < -0.39 is 5.95 Å². The van der Waals surface area contributed by atoms with Gasteiger partial charge in [-0.1, -0.05) is 0 Å². The number of phenolic OH excluding ortho intramolecular Hbond substituents is 1. The number of pyridine rings is 1. The normalized spacial score (nSPS) is 10.8. The van der Waals surface area contributed by atoms with Crippen LogP contribution in [0, 0.1) is 5.95 Å². The summed E-state index contributed by atoms with van der Waals surface area (Å²) < 4.78 is 18.9. The van der Waals surface area contributed by atoms with E-state index in [1.165, 1.54) is 12.1 Å². The lowest BCUT2D eigenvalue weighted by atomic mass is 10.2. The van der Waals surface area contributed by atoms with E-state index in [9.17, 15) is 9.50 Å². The van der Waals surface area contributed by atoms with E-state index in [-0.39, 0.29) is 5.75 Å². The van der Waals surface area contributed by atoms with Gasteiger partial charge >= 0.3 is 0 Å². The molecule has 0 saturated heterocycles. The number of hydrogen-bond donors (Lipinski definition) is 2. The predicted molar refractivity (Wildman–Crippen MR) is 70.6 cm³/mol. The van der Waals surface area contributed by atoms with Gasteiger partial charge in [0.15, 0.2) is 5.76 Å². The van der Waals surface area contributed by atoms with Crippen LogP contribution in [-0.4, -0.2) is 17.1 Å². The zero-order valence-corrected chi connectivity index (χ0v) is 10.1. The fourth-order valence-electron chi connectivity index (χ4n) is 1.97. The molecule has 2 N–H and O–H groups in total. The van der Waals surface area contributed by atoms with Crippen LogP contribution in [0.2, 0.25) is 0 Å². The topological polar surface area (TPSA) is 58.3 Å². The molecule has 0 fully saturated rings. The van der Waals surface area contributed by atoms with Crippen molar-refractivity contribution in [3.05, 3.63) is 42.3 Å². The first-order chi connectivity index (χ1) is 9.17. The molecule has 1 aromatic carbocycles. The predicted octanol–water partition coefficient (Wildman–Crippen LogP) is 3.38. The molecule has 3 aromatic rings. The number of nitrogens with one attached hydrogen (secondary N) is 1. The Morgan fingerprint density at radius 3 is 2.84 bits per heavy atom. The quantitative estimate of drug-likeness (QED) is 0.692. The molecule has 4 nitrogen and oxygen atoms in total. The molecule has 2 heterocycles. The number of phenols is 1. The average molecular weight is 258 g/mol. The van der Waals surface area contributed by atoms with Crippen LogP contribution in [0.4, 0.5) is 10.1 Å². The molecular weight excluding hydrogens is 247 g/mol. The second-order valence-electron chi connectivity index (χ2n) is 4.11. The maximum absolute atomic E-state index is 13.3. The summed E-state index contributed by atoms with van der Waals surface area (Å²) in [6.45, 7) is 0. The molecule has 0 bridgehead atoms. The highest BCUT2D eigenvalue weighted by Crippen LogP contribution is 2.32. The second kappa shape index (κ2) is 4.28. The number of fused-ring (bicyclic) bond motifs is 1. The molecule has 0 radical (unpaired) electrons. The van der Waals surface area contributed by atoms with Crippen LogP contribution in [0.25, 0.3) is 22.4 Å². The number of benzene rings is 1. The lowest BCUT2D eigenvalue weighted by Crippen LogP contribution is -1.95. The minimum Gasteiger partial charge on any atom is -0.508 e. The molecule has 0 aliphatic rings. The Balaban J connectivity index is 2.21. The van der Waals surface area contributed by atoms with Gasteiger partial charge in [0.2, 0.25) is 5.95 Å². The van der Waals surface area contributed by atoms with Crippen molar-refractivity contribution in [3.8, 4) is 17.2 Å². The summed E-state index contributed by atoms with van der Waals surface area (Å²) in [6, 6.07) is 9.38. The maximum Gasteiger partial charge on any atom is 0.213 e. The summed E-state index contributed by atoms with van der Waals surface area (Å²) in [7, 11) is 1.73. The number of rotatable bonds is 2. The van der Waals surface area contributed by atoms with Gasteiger partial charge in [0.05, 0.1) is 5.69 Å². The van der Waals surface area contributed by atoms with Crippen molar-refractivity contribution in [2.45, 2.75) is 0 Å². The molecule has 5 heteroatoms. The van der Waals surface area contributed by atoms with Gasteiger partial charge in [0.1, 0.15) is 17.0 Å². The minimum absolute atomic E-state index is 0.154. The molecule has 0 saturated carbocycles. The molecule has 0 spiro atoms. The highest BCUT2D eigenvalue weighted by Gasteiger charge is 2.13. The first-order valence-corrected chi connectivity index (χ1v) is 5.74. The summed E-state index contributed by atoms with van der Waals surface area (Å²) in [4.78, 5) is 3.85. The molecule has 0 aliphatic heterocycles. The Labute approximate surface area is 108 Å². The molecule has 0 atom stereocenters. The number of aromatic nitrogens is 1. The van der Waals surface area contributed by atoms with Crippen molar-refractivity contribution in [2.24, 2.45) is 0 Å². The number of aromatic hydroxyl groups is 1. The van der Waals surface area contributed by atoms with Gasteiger partial charge in [-0.2, -0.15) is 4.39 Å². The van der Waals surface area contributed by atoms with Gasteiger partial charge in [-0.25, -0.2) is 4.98 Å². The van der Waals surface area contributed by atoms with Crippen molar-refractivity contribution >= 4 is 16.7 Å². The first kappa shape index (κ1) is 11.5. The average Bonchev–Trinajstić information content (AvgIpc) is 2.81. The fourth-order valence-corrected chi connectivity index (χ4v) is 1.97. The third kappa shape index (κ3) is 1.99. The first-order valence-electron chi connectivity index (χ1n) is 5.74. The summed E-state index contributed by atoms with van der Waals surface area (Å²) in [5, 5.41) is 13.1. The van der Waals surface area contributed by atoms with Crippen molar-refractivity contribution in [1.29, 1.82) is 0 Å². The third-order valence-corrected chi connectivity index (χ3v) is 2.86. The van der Waals surface area contributed by atoms with Crippen LogP contribution in [0.5, 0.6) is 5.75 Å². The Bertz CT molecular complexity index is 752. The number of anilines is 1. The highest BCUT2D eigenvalue weighted by molar-refractivity contribution is 5.85. The zero-order chi connectivity index (χ0) is 13.4. The smallest absolute Gasteiger partial charge is 0.213 e. The lowest BCUT2D eigenvalue weighted by Gasteiger charge is -2.04. The Hall–Kier alpha value is -2.56. The van der Waals surface area contributed by atoms with E-state index in [1.807, 2.05) is 0 Å². The second-order valence-corrected chi connectivity index (χ2v) is 4.11. The van der Waals surface area contributed by atoms with Crippen LogP contribution >= 0.6 is 0 Å². The van der Waals surface area contributed by atoms with Crippen LogP contribution < -0.4 is 5.32 Å². The molecule has 0 amide bonds. The van der Waals surface area contributed by atoms with Crippen molar-refractivity contribution < 1.29 is 13.9 Å². The summed E-state index contributed by atoms with van der Waals surface area (Å²) in [6.07, 6.45) is 0. The van der Waals surface area contributed by atoms with Crippen LogP contribution in [-0.2, 0) is 0 Å². The minimum atomic E-state index is -0.572.